The number of amides is 1. The number of nitrogens with zero attached hydrogens (tertiary/aromatic N) is 3. The molecule has 0 spiro atoms. The van der Waals surface area contributed by atoms with Gasteiger partial charge in [0.1, 0.15) is 5.60 Å². The standard InChI is InChI=1S/C18H24N4O5/c1-18(2,3)27-17(23)19-8-6-12-10-13(14-7-9-21(4)20-14)16(26-5)15(11-12)22(24)25/h7,9-11H,6,8H2,1-5H3,(H,19,23). The van der Waals surface area contributed by atoms with Gasteiger partial charge in [0.05, 0.1) is 23.3 Å². The maximum atomic E-state index is 11.7. The van der Waals surface area contributed by atoms with E-state index in [-0.39, 0.29) is 18.0 Å². The average molecular weight is 376 g/mol. The molecule has 0 unspecified atom stereocenters. The van der Waals surface area contributed by atoms with E-state index in [1.54, 1.807) is 50.8 Å². The van der Waals surface area contributed by atoms with Gasteiger partial charge in [-0.25, -0.2) is 4.79 Å². The fourth-order valence-corrected chi connectivity index (χ4v) is 2.54. The smallest absolute Gasteiger partial charge is 0.407 e. The quantitative estimate of drug-likeness (QED) is 0.613. The highest BCUT2D eigenvalue weighted by atomic mass is 16.6. The lowest BCUT2D eigenvalue weighted by Gasteiger charge is -2.19. The van der Waals surface area contributed by atoms with E-state index in [4.69, 9.17) is 9.47 Å². The van der Waals surface area contributed by atoms with Crippen molar-refractivity contribution in [3.8, 4) is 17.0 Å². The number of ether oxygens (including phenoxy) is 2. The van der Waals surface area contributed by atoms with Crippen molar-refractivity contribution in [2.24, 2.45) is 7.05 Å². The number of carbonyl (C=O) groups excluding carboxylic acids is 1. The molecule has 2 rings (SSSR count). The summed E-state index contributed by atoms with van der Waals surface area (Å²) in [6, 6.07) is 4.98. The van der Waals surface area contributed by atoms with Gasteiger partial charge in [0.25, 0.3) is 0 Å². The number of hydrogen-bond donors (Lipinski definition) is 1. The first-order chi connectivity index (χ1) is 12.6. The Morgan fingerprint density at radius 2 is 2.07 bits per heavy atom. The SMILES string of the molecule is COc1c(-c2ccn(C)n2)cc(CCNC(=O)OC(C)(C)C)cc1[N+](=O)[O-]. The van der Waals surface area contributed by atoms with Crippen LogP contribution >= 0.6 is 0 Å². The summed E-state index contributed by atoms with van der Waals surface area (Å²) >= 11 is 0. The van der Waals surface area contributed by atoms with Gasteiger partial charge >= 0.3 is 11.8 Å². The minimum Gasteiger partial charge on any atom is -0.490 e. The summed E-state index contributed by atoms with van der Waals surface area (Å²) in [5.41, 5.74) is 1.04. The van der Waals surface area contributed by atoms with Crippen LogP contribution in [0.2, 0.25) is 0 Å². The zero-order valence-electron chi connectivity index (χ0n) is 16.1. The molecule has 1 N–H and O–H groups in total. The Hall–Kier alpha value is -3.10. The summed E-state index contributed by atoms with van der Waals surface area (Å²) in [5.74, 6) is 0.155. The number of nitro groups is 1. The largest absolute Gasteiger partial charge is 0.490 e. The van der Waals surface area contributed by atoms with Crippen molar-refractivity contribution < 1.29 is 19.2 Å². The van der Waals surface area contributed by atoms with Gasteiger partial charge < -0.3 is 14.8 Å². The normalized spacial score (nSPS) is 11.1. The van der Waals surface area contributed by atoms with E-state index in [9.17, 15) is 14.9 Å². The molecule has 0 aliphatic rings. The molecule has 1 aromatic heterocycles. The van der Waals surface area contributed by atoms with E-state index in [0.29, 0.717) is 23.2 Å². The van der Waals surface area contributed by atoms with Crippen LogP contribution in [0.25, 0.3) is 11.3 Å². The van der Waals surface area contributed by atoms with Crippen molar-refractivity contribution in [1.29, 1.82) is 0 Å². The number of aryl methyl sites for hydroxylation is 1. The minimum absolute atomic E-state index is 0.145. The van der Waals surface area contributed by atoms with Crippen molar-refractivity contribution in [3.63, 3.8) is 0 Å². The molecule has 0 saturated heterocycles. The maximum absolute atomic E-state index is 11.7. The number of methoxy groups -OCH3 is 1. The molecule has 0 radical (unpaired) electrons. The van der Waals surface area contributed by atoms with E-state index in [0.717, 1.165) is 0 Å². The van der Waals surface area contributed by atoms with Crippen LogP contribution < -0.4 is 10.1 Å². The third kappa shape index (κ3) is 5.44. The van der Waals surface area contributed by atoms with Gasteiger partial charge in [-0.3, -0.25) is 14.8 Å². The van der Waals surface area contributed by atoms with Crippen molar-refractivity contribution in [2.45, 2.75) is 32.8 Å². The topological polar surface area (TPSA) is 109 Å². The van der Waals surface area contributed by atoms with Gasteiger partial charge in [0.2, 0.25) is 5.75 Å². The van der Waals surface area contributed by atoms with Gasteiger partial charge in [-0.2, -0.15) is 5.10 Å². The van der Waals surface area contributed by atoms with Crippen LogP contribution in [0.1, 0.15) is 26.3 Å². The number of benzene rings is 1. The van der Waals surface area contributed by atoms with Crippen molar-refractivity contribution in [2.75, 3.05) is 13.7 Å². The molecular formula is C18H24N4O5. The highest BCUT2D eigenvalue weighted by Gasteiger charge is 2.23. The number of nitrogens with one attached hydrogen (secondary N) is 1. The molecule has 0 aliphatic carbocycles. The molecule has 1 aromatic carbocycles. The second-order valence-corrected chi connectivity index (χ2v) is 7.01. The summed E-state index contributed by atoms with van der Waals surface area (Å²) in [7, 11) is 3.15. The van der Waals surface area contributed by atoms with E-state index in [1.165, 1.54) is 13.2 Å². The first-order valence-electron chi connectivity index (χ1n) is 8.43. The molecule has 9 nitrogen and oxygen atoms in total. The van der Waals surface area contributed by atoms with E-state index < -0.39 is 16.6 Å². The fraction of sp³-hybridized carbons (Fsp3) is 0.444. The summed E-state index contributed by atoms with van der Waals surface area (Å²) in [4.78, 5) is 22.7. The van der Waals surface area contributed by atoms with Crippen molar-refractivity contribution >= 4 is 11.8 Å². The van der Waals surface area contributed by atoms with Gasteiger partial charge in [-0.05, 0) is 44.9 Å². The third-order valence-corrected chi connectivity index (χ3v) is 3.60. The van der Waals surface area contributed by atoms with Gasteiger partial charge in [-0.1, -0.05) is 0 Å². The first-order valence-corrected chi connectivity index (χ1v) is 8.43. The lowest BCUT2D eigenvalue weighted by atomic mass is 10.0. The molecular weight excluding hydrogens is 352 g/mol. The Balaban J connectivity index is 2.25. The maximum Gasteiger partial charge on any atom is 0.407 e. The lowest BCUT2D eigenvalue weighted by Crippen LogP contribution is -2.33. The molecule has 1 heterocycles. The second kappa shape index (κ2) is 8.07. The highest BCUT2D eigenvalue weighted by Crippen LogP contribution is 2.38. The fourth-order valence-electron chi connectivity index (χ4n) is 2.54. The van der Waals surface area contributed by atoms with E-state index in [2.05, 4.69) is 10.4 Å². The predicted molar refractivity (Wildman–Crippen MR) is 99.8 cm³/mol. The summed E-state index contributed by atoms with van der Waals surface area (Å²) < 4.78 is 12.1. The Labute approximate surface area is 157 Å². The van der Waals surface area contributed by atoms with Crippen LogP contribution in [-0.2, 0) is 18.2 Å². The Bertz CT molecular complexity index is 839. The zero-order valence-corrected chi connectivity index (χ0v) is 16.1. The number of aromatic nitrogens is 2. The van der Waals surface area contributed by atoms with E-state index >= 15 is 0 Å². The van der Waals surface area contributed by atoms with Gasteiger partial charge in [0.15, 0.2) is 0 Å². The molecule has 0 saturated carbocycles. The number of carbonyl (C=O) groups is 1. The summed E-state index contributed by atoms with van der Waals surface area (Å²) in [5, 5.41) is 18.4. The lowest BCUT2D eigenvalue weighted by molar-refractivity contribution is -0.385. The van der Waals surface area contributed by atoms with Crippen LogP contribution in [0.15, 0.2) is 24.4 Å². The summed E-state index contributed by atoms with van der Waals surface area (Å²) in [6.45, 7) is 5.61. The number of rotatable bonds is 6. The van der Waals surface area contributed by atoms with Gasteiger partial charge in [-0.15, -0.1) is 0 Å². The molecule has 2 aromatic rings. The monoisotopic (exact) mass is 376 g/mol. The number of alkyl carbamates (subject to hydrolysis) is 1. The highest BCUT2D eigenvalue weighted by molar-refractivity contribution is 5.74. The van der Waals surface area contributed by atoms with Crippen LogP contribution in [-0.4, -0.2) is 40.1 Å². The molecule has 0 bridgehead atoms. The number of hydrogen-bond acceptors (Lipinski definition) is 6. The molecule has 0 aliphatic heterocycles. The molecule has 9 heteroatoms. The summed E-state index contributed by atoms with van der Waals surface area (Å²) in [6.07, 6.45) is 1.61. The van der Waals surface area contributed by atoms with Crippen LogP contribution in [0, 0.1) is 10.1 Å². The molecule has 1 amide bonds. The minimum atomic E-state index is -0.588. The third-order valence-electron chi connectivity index (χ3n) is 3.60. The van der Waals surface area contributed by atoms with Crippen LogP contribution in [0.5, 0.6) is 5.75 Å². The Kier molecular flexibility index (Phi) is 6.04. The average Bonchev–Trinajstić information content (AvgIpc) is 2.98. The second-order valence-electron chi connectivity index (χ2n) is 7.01. The van der Waals surface area contributed by atoms with Gasteiger partial charge in [0, 0.05) is 25.9 Å². The molecule has 27 heavy (non-hydrogen) atoms. The molecule has 0 atom stereocenters. The van der Waals surface area contributed by atoms with Crippen molar-refractivity contribution in [3.05, 3.63) is 40.1 Å². The Morgan fingerprint density at radius 3 is 2.59 bits per heavy atom. The van der Waals surface area contributed by atoms with Crippen LogP contribution in [0.3, 0.4) is 0 Å². The number of nitro benzene ring substituents is 1. The Morgan fingerprint density at radius 1 is 1.37 bits per heavy atom. The predicted octanol–water partition coefficient (Wildman–Crippen LogP) is 3.07. The first kappa shape index (κ1) is 20.2. The van der Waals surface area contributed by atoms with Crippen molar-refractivity contribution in [1.82, 2.24) is 15.1 Å². The van der Waals surface area contributed by atoms with Crippen LogP contribution in [0.4, 0.5) is 10.5 Å². The zero-order chi connectivity index (χ0) is 20.2. The molecule has 146 valence electrons. The molecule has 0 fully saturated rings. The van der Waals surface area contributed by atoms with E-state index in [1.807, 2.05) is 0 Å².